The molecule has 0 saturated heterocycles. The van der Waals surface area contributed by atoms with Crippen LogP contribution in [0.5, 0.6) is 0 Å². The predicted molar refractivity (Wildman–Crippen MR) is 182 cm³/mol. The molecule has 47 heavy (non-hydrogen) atoms. The zero-order valence-corrected chi connectivity index (χ0v) is 29.9. The zero-order valence-electron chi connectivity index (χ0n) is 29.1. The van der Waals surface area contributed by atoms with Crippen LogP contribution < -0.4 is 15.9 Å². The molecule has 3 rings (SSSR count). The Morgan fingerprint density at radius 2 is 1.49 bits per heavy atom. The Balaban J connectivity index is 1.74. The number of aliphatic hydroxyl groups excluding tert-OH is 2. The van der Waals surface area contributed by atoms with Crippen LogP contribution in [0.4, 0.5) is 0 Å². The number of nitrogens with zero attached hydrogens (tertiary/aromatic N) is 2. The molecule has 3 aliphatic carbocycles. The van der Waals surface area contributed by atoms with E-state index < -0.39 is 45.2 Å². The molecular formula is C34H63N5O7S. The lowest BCUT2D eigenvalue weighted by atomic mass is 9.79. The number of likely N-dealkylation sites (N-methyl/N-ethyl adjacent to an activating group) is 1. The summed E-state index contributed by atoms with van der Waals surface area (Å²) in [5.41, 5.74) is 2.96. The number of hydrazine groups is 1. The van der Waals surface area contributed by atoms with E-state index in [1.54, 1.807) is 9.91 Å². The van der Waals surface area contributed by atoms with Gasteiger partial charge >= 0.3 is 0 Å². The summed E-state index contributed by atoms with van der Waals surface area (Å²) in [5, 5.41) is 30.9. The standard InChI is InChI=1S/C34H63N5O7S/c1-4-16-38(17-5-2)34(44)27-20-26(21-29(22-27)47(35,45)46)33(43)36-30(18-25-12-14-28(40)15-13-25)31(41)23-39(6-3)37-32(42)19-24-10-8-7-9-11-24/h24-31,40-41H,4-23H2,1-3H3,(H,36,43)(H,37,42)(H2,35,45,46). The van der Waals surface area contributed by atoms with Gasteiger partial charge in [-0.2, -0.15) is 0 Å². The monoisotopic (exact) mass is 685 g/mol. The molecule has 5 unspecified atom stereocenters. The molecule has 3 amide bonds. The third-order valence-corrected chi connectivity index (χ3v) is 11.9. The quantitative estimate of drug-likeness (QED) is 0.145. The number of nitrogens with two attached hydrogens (primary N) is 1. The molecule has 12 nitrogen and oxygen atoms in total. The van der Waals surface area contributed by atoms with Gasteiger partial charge in [-0.15, -0.1) is 0 Å². The summed E-state index contributed by atoms with van der Waals surface area (Å²) in [6, 6.07) is -0.660. The Hall–Kier alpha value is -1.80. The lowest BCUT2D eigenvalue weighted by molar-refractivity contribution is -0.138. The molecule has 0 radical (unpaired) electrons. The Bertz CT molecular complexity index is 1090. The van der Waals surface area contributed by atoms with E-state index in [9.17, 15) is 33.0 Å². The topological polar surface area (TPSA) is 182 Å². The number of sulfonamides is 1. The number of nitrogens with one attached hydrogen (secondary N) is 2. The van der Waals surface area contributed by atoms with E-state index >= 15 is 0 Å². The summed E-state index contributed by atoms with van der Waals surface area (Å²) in [4.78, 5) is 42.1. The Labute approximate surface area is 283 Å². The Morgan fingerprint density at radius 3 is 2.06 bits per heavy atom. The van der Waals surface area contributed by atoms with Gasteiger partial charge in [0.15, 0.2) is 0 Å². The second-order valence-corrected chi connectivity index (χ2v) is 16.4. The first-order chi connectivity index (χ1) is 22.3. The molecule has 6 N–H and O–H groups in total. The van der Waals surface area contributed by atoms with Crippen LogP contribution in [0.1, 0.15) is 124 Å². The third-order valence-electron chi connectivity index (χ3n) is 10.6. The van der Waals surface area contributed by atoms with Crippen LogP contribution in [-0.2, 0) is 24.4 Å². The average molecular weight is 686 g/mol. The van der Waals surface area contributed by atoms with E-state index in [-0.39, 0.29) is 49.6 Å². The van der Waals surface area contributed by atoms with Gasteiger partial charge in [0, 0.05) is 44.4 Å². The molecule has 13 heteroatoms. The number of aliphatic hydroxyl groups is 2. The van der Waals surface area contributed by atoms with Crippen molar-refractivity contribution in [2.45, 2.75) is 147 Å². The van der Waals surface area contributed by atoms with Crippen molar-refractivity contribution in [1.29, 1.82) is 0 Å². The van der Waals surface area contributed by atoms with E-state index in [1.165, 1.54) is 6.42 Å². The summed E-state index contributed by atoms with van der Waals surface area (Å²) >= 11 is 0. The zero-order chi connectivity index (χ0) is 34.6. The molecule has 3 aliphatic rings. The van der Waals surface area contributed by atoms with Gasteiger partial charge in [-0.1, -0.05) is 40.0 Å². The normalized spacial score (nSPS) is 27.2. The fourth-order valence-corrected chi connectivity index (χ4v) is 8.92. The second kappa shape index (κ2) is 19.4. The smallest absolute Gasteiger partial charge is 0.234 e. The number of rotatable bonds is 17. The van der Waals surface area contributed by atoms with Gasteiger partial charge < -0.3 is 20.4 Å². The number of carbonyl (C=O) groups excluding carboxylic acids is 3. The summed E-state index contributed by atoms with van der Waals surface area (Å²) in [6.45, 7) is 7.59. The van der Waals surface area contributed by atoms with Crippen LogP contribution in [0.3, 0.4) is 0 Å². The summed E-state index contributed by atoms with van der Waals surface area (Å²) in [5.74, 6) is -1.43. The number of carbonyl (C=O) groups is 3. The number of hydrogen-bond acceptors (Lipinski definition) is 8. The molecule has 0 heterocycles. The molecule has 3 saturated carbocycles. The minimum absolute atomic E-state index is 0.0206. The fourth-order valence-electron chi connectivity index (χ4n) is 7.92. The molecule has 0 aliphatic heterocycles. The van der Waals surface area contributed by atoms with Gasteiger partial charge in [0.2, 0.25) is 27.7 Å². The fraction of sp³-hybridized carbons (Fsp3) is 0.912. The maximum Gasteiger partial charge on any atom is 0.234 e. The molecule has 0 spiro atoms. The van der Waals surface area contributed by atoms with Crippen LogP contribution in [-0.4, -0.2) is 95.9 Å². The van der Waals surface area contributed by atoms with Crippen molar-refractivity contribution in [1.82, 2.24) is 20.7 Å². The van der Waals surface area contributed by atoms with Crippen molar-refractivity contribution in [3.8, 4) is 0 Å². The van der Waals surface area contributed by atoms with Gasteiger partial charge in [-0.25, -0.2) is 18.6 Å². The highest BCUT2D eigenvalue weighted by Gasteiger charge is 2.42. The number of primary sulfonamides is 1. The second-order valence-electron chi connectivity index (χ2n) is 14.5. The van der Waals surface area contributed by atoms with Gasteiger partial charge in [0.05, 0.1) is 23.5 Å². The number of amides is 3. The summed E-state index contributed by atoms with van der Waals surface area (Å²) < 4.78 is 25.1. The molecule has 5 atom stereocenters. The minimum atomic E-state index is -3.99. The van der Waals surface area contributed by atoms with Crippen LogP contribution in [0.25, 0.3) is 0 Å². The van der Waals surface area contributed by atoms with E-state index in [1.807, 2.05) is 20.8 Å². The van der Waals surface area contributed by atoms with Crippen LogP contribution in [0.15, 0.2) is 0 Å². The molecule has 0 aromatic heterocycles. The van der Waals surface area contributed by atoms with Crippen LogP contribution >= 0.6 is 0 Å². The third kappa shape index (κ3) is 12.9. The Morgan fingerprint density at radius 1 is 0.872 bits per heavy atom. The average Bonchev–Trinajstić information content (AvgIpc) is 3.04. The minimum Gasteiger partial charge on any atom is -0.393 e. The molecule has 3 fully saturated rings. The molecule has 272 valence electrons. The SMILES string of the molecule is CCCN(CCC)C(=O)C1CC(C(=O)NC(CC2CCC(O)CC2)C(O)CN(CC)NC(=O)CC2CCCCC2)CC(S(N)(=O)=O)C1. The summed E-state index contributed by atoms with van der Waals surface area (Å²) in [7, 11) is -3.99. The van der Waals surface area contributed by atoms with Gasteiger partial charge in [-0.05, 0) is 88.9 Å². The van der Waals surface area contributed by atoms with E-state index in [4.69, 9.17) is 5.14 Å². The van der Waals surface area contributed by atoms with Crippen LogP contribution in [0.2, 0.25) is 0 Å². The summed E-state index contributed by atoms with van der Waals surface area (Å²) in [6.07, 6.45) is 9.96. The molecule has 0 bridgehead atoms. The first-order valence-electron chi connectivity index (χ1n) is 18.4. The van der Waals surface area contributed by atoms with Crippen molar-refractivity contribution >= 4 is 27.7 Å². The van der Waals surface area contributed by atoms with Gasteiger partial charge in [-0.3, -0.25) is 19.8 Å². The molecular weight excluding hydrogens is 622 g/mol. The lowest BCUT2D eigenvalue weighted by Gasteiger charge is -2.37. The maximum atomic E-state index is 13.9. The van der Waals surface area contributed by atoms with E-state index in [2.05, 4.69) is 10.7 Å². The number of hydrogen-bond donors (Lipinski definition) is 5. The predicted octanol–water partition coefficient (Wildman–Crippen LogP) is 2.82. The van der Waals surface area contributed by atoms with Gasteiger partial charge in [0.1, 0.15) is 0 Å². The van der Waals surface area contributed by atoms with Crippen molar-refractivity contribution in [2.24, 2.45) is 28.8 Å². The van der Waals surface area contributed by atoms with Crippen molar-refractivity contribution in [3.05, 3.63) is 0 Å². The van der Waals surface area contributed by atoms with Gasteiger partial charge in [0.25, 0.3) is 0 Å². The highest BCUT2D eigenvalue weighted by Crippen LogP contribution is 2.35. The highest BCUT2D eigenvalue weighted by atomic mass is 32.2. The highest BCUT2D eigenvalue weighted by molar-refractivity contribution is 7.89. The molecule has 0 aromatic rings. The molecule has 0 aromatic carbocycles. The van der Waals surface area contributed by atoms with E-state index in [0.29, 0.717) is 51.2 Å². The maximum absolute atomic E-state index is 13.9. The first-order valence-corrected chi connectivity index (χ1v) is 20.0. The van der Waals surface area contributed by atoms with Crippen LogP contribution in [0, 0.1) is 23.7 Å². The van der Waals surface area contributed by atoms with E-state index in [0.717, 1.165) is 51.4 Å². The van der Waals surface area contributed by atoms with Crippen molar-refractivity contribution in [3.63, 3.8) is 0 Å². The Kier molecular flexibility index (Phi) is 16.4. The van der Waals surface area contributed by atoms with Crippen molar-refractivity contribution in [2.75, 3.05) is 26.2 Å². The lowest BCUT2D eigenvalue weighted by Crippen LogP contribution is -2.55. The van der Waals surface area contributed by atoms with Crippen molar-refractivity contribution < 1.29 is 33.0 Å². The first kappa shape index (κ1) is 39.6. The largest absolute Gasteiger partial charge is 0.393 e.